The van der Waals surface area contributed by atoms with Crippen molar-refractivity contribution >= 4 is 17.6 Å². The molecular formula is C13H14N2O3. The molecule has 0 atom stereocenters. The highest BCUT2D eigenvalue weighted by atomic mass is 16.5. The van der Waals surface area contributed by atoms with Gasteiger partial charge in [-0.2, -0.15) is 5.26 Å². The minimum atomic E-state index is -0.395. The lowest BCUT2D eigenvalue weighted by molar-refractivity contribution is -0.142. The Balaban J connectivity index is 2.76. The van der Waals surface area contributed by atoms with E-state index in [4.69, 9.17) is 10.00 Å². The lowest BCUT2D eigenvalue weighted by Gasteiger charge is -2.09. The summed E-state index contributed by atoms with van der Waals surface area (Å²) in [7, 11) is 0. The highest BCUT2D eigenvalue weighted by Crippen LogP contribution is 2.16. The first-order chi connectivity index (χ1) is 8.67. The Morgan fingerprint density at radius 2 is 2.11 bits per heavy atom. The molecule has 0 aliphatic heterocycles. The van der Waals surface area contributed by atoms with E-state index in [2.05, 4.69) is 5.32 Å². The van der Waals surface area contributed by atoms with Gasteiger partial charge >= 0.3 is 5.97 Å². The van der Waals surface area contributed by atoms with E-state index in [1.54, 1.807) is 37.3 Å². The van der Waals surface area contributed by atoms with Gasteiger partial charge in [0.2, 0.25) is 5.91 Å². The molecule has 0 aromatic heterocycles. The number of para-hydroxylation sites is 1. The molecular weight excluding hydrogens is 232 g/mol. The molecule has 0 heterocycles. The Hall–Kier alpha value is -2.35. The van der Waals surface area contributed by atoms with Gasteiger partial charge in [-0.05, 0) is 18.6 Å². The third-order valence-corrected chi connectivity index (χ3v) is 2.17. The maximum Gasteiger partial charge on any atom is 0.310 e. The number of esters is 1. The fourth-order valence-corrected chi connectivity index (χ4v) is 1.43. The van der Waals surface area contributed by atoms with Crippen LogP contribution in [0.5, 0.6) is 0 Å². The molecule has 18 heavy (non-hydrogen) atoms. The van der Waals surface area contributed by atoms with Gasteiger partial charge in [0.25, 0.3) is 0 Å². The van der Waals surface area contributed by atoms with Gasteiger partial charge in [0, 0.05) is 5.69 Å². The van der Waals surface area contributed by atoms with Crippen molar-refractivity contribution in [3.05, 3.63) is 29.8 Å². The molecule has 5 heteroatoms. The molecule has 0 radical (unpaired) electrons. The maximum atomic E-state index is 11.4. The van der Waals surface area contributed by atoms with Crippen LogP contribution in [0.25, 0.3) is 0 Å². The summed E-state index contributed by atoms with van der Waals surface area (Å²) in [4.78, 5) is 22.7. The van der Waals surface area contributed by atoms with Crippen LogP contribution in [0.3, 0.4) is 0 Å². The topological polar surface area (TPSA) is 79.2 Å². The summed E-state index contributed by atoms with van der Waals surface area (Å²) in [6.45, 7) is 2.06. The van der Waals surface area contributed by atoms with Crippen molar-refractivity contribution in [2.75, 3.05) is 11.9 Å². The second kappa shape index (κ2) is 7.07. The highest BCUT2D eigenvalue weighted by molar-refractivity contribution is 5.93. The second-order valence-corrected chi connectivity index (χ2v) is 3.52. The van der Waals surface area contributed by atoms with Crippen LogP contribution in [-0.4, -0.2) is 18.5 Å². The Labute approximate surface area is 105 Å². The first-order valence-corrected chi connectivity index (χ1v) is 5.57. The van der Waals surface area contributed by atoms with Crippen molar-refractivity contribution in [1.82, 2.24) is 0 Å². The van der Waals surface area contributed by atoms with Gasteiger partial charge in [-0.25, -0.2) is 0 Å². The van der Waals surface area contributed by atoms with E-state index in [0.29, 0.717) is 17.9 Å². The maximum absolute atomic E-state index is 11.4. The van der Waals surface area contributed by atoms with Crippen LogP contribution in [-0.2, 0) is 20.7 Å². The number of rotatable bonds is 5. The molecule has 0 saturated carbocycles. The van der Waals surface area contributed by atoms with Crippen molar-refractivity contribution in [1.29, 1.82) is 5.26 Å². The van der Waals surface area contributed by atoms with Gasteiger partial charge in [0.15, 0.2) is 0 Å². The quantitative estimate of drug-likeness (QED) is 0.801. The molecule has 0 bridgehead atoms. The number of anilines is 1. The summed E-state index contributed by atoms with van der Waals surface area (Å²) in [6.07, 6.45) is -0.120. The summed E-state index contributed by atoms with van der Waals surface area (Å²) in [5.41, 5.74) is 1.20. The normalized spacial score (nSPS) is 9.33. The zero-order valence-electron chi connectivity index (χ0n) is 10.1. The molecule has 1 N–H and O–H groups in total. The molecule has 0 fully saturated rings. The molecule has 94 valence electrons. The number of hydrogen-bond acceptors (Lipinski definition) is 4. The number of nitrogens with one attached hydrogen (secondary N) is 1. The number of amides is 1. The van der Waals surface area contributed by atoms with Crippen LogP contribution in [0, 0.1) is 11.3 Å². The lowest BCUT2D eigenvalue weighted by atomic mass is 10.1. The van der Waals surface area contributed by atoms with Gasteiger partial charge in [-0.15, -0.1) is 0 Å². The average Bonchev–Trinajstić information content (AvgIpc) is 2.32. The molecule has 0 spiro atoms. The van der Waals surface area contributed by atoms with Crippen LogP contribution in [0.4, 0.5) is 5.69 Å². The molecule has 0 aliphatic carbocycles. The van der Waals surface area contributed by atoms with Crippen LogP contribution in [0.15, 0.2) is 24.3 Å². The first kappa shape index (κ1) is 13.7. The van der Waals surface area contributed by atoms with Crippen LogP contribution in [0.1, 0.15) is 18.9 Å². The Morgan fingerprint density at radius 3 is 2.78 bits per heavy atom. The fraction of sp³-hybridized carbons (Fsp3) is 0.308. The minimum absolute atomic E-state index is 0.0941. The molecule has 5 nitrogen and oxygen atoms in total. The number of nitriles is 1. The van der Waals surface area contributed by atoms with Crippen molar-refractivity contribution in [3.63, 3.8) is 0 Å². The number of hydrogen-bond donors (Lipinski definition) is 1. The molecule has 0 saturated heterocycles. The van der Waals surface area contributed by atoms with Crippen molar-refractivity contribution in [3.8, 4) is 6.07 Å². The van der Waals surface area contributed by atoms with Gasteiger partial charge in [0.1, 0.15) is 6.42 Å². The van der Waals surface area contributed by atoms with E-state index in [1.807, 2.05) is 0 Å². The van der Waals surface area contributed by atoms with E-state index in [0.717, 1.165) is 0 Å². The van der Waals surface area contributed by atoms with Crippen LogP contribution in [0.2, 0.25) is 0 Å². The number of benzene rings is 1. The van der Waals surface area contributed by atoms with Crippen LogP contribution >= 0.6 is 0 Å². The SMILES string of the molecule is CCOC(=O)Cc1ccccc1NC(=O)CC#N. The van der Waals surface area contributed by atoms with Crippen molar-refractivity contribution in [2.45, 2.75) is 19.8 Å². The standard InChI is InChI=1S/C13H14N2O3/c1-2-18-13(17)9-10-5-3-4-6-11(10)15-12(16)7-8-14/h3-6H,2,7,9H2,1H3,(H,15,16). The molecule has 1 aromatic rings. The molecule has 1 aromatic carbocycles. The van der Waals surface area contributed by atoms with E-state index >= 15 is 0 Å². The lowest BCUT2D eigenvalue weighted by Crippen LogP contribution is -2.14. The Bertz CT molecular complexity index is 477. The first-order valence-electron chi connectivity index (χ1n) is 5.57. The van der Waals surface area contributed by atoms with E-state index in [1.165, 1.54) is 0 Å². The summed E-state index contributed by atoms with van der Waals surface area (Å²) >= 11 is 0. The number of ether oxygens (including phenoxy) is 1. The second-order valence-electron chi connectivity index (χ2n) is 3.52. The predicted octanol–water partition coefficient (Wildman–Crippen LogP) is 1.64. The summed E-state index contributed by atoms with van der Waals surface area (Å²) in [5.74, 6) is -0.742. The molecule has 0 unspecified atom stereocenters. The smallest absolute Gasteiger partial charge is 0.310 e. The largest absolute Gasteiger partial charge is 0.466 e. The average molecular weight is 246 g/mol. The van der Waals surface area contributed by atoms with Gasteiger partial charge in [0.05, 0.1) is 19.1 Å². The number of carbonyl (C=O) groups excluding carboxylic acids is 2. The summed E-state index contributed by atoms with van der Waals surface area (Å²) < 4.78 is 4.85. The van der Waals surface area contributed by atoms with E-state index < -0.39 is 5.91 Å². The summed E-state index contributed by atoms with van der Waals surface area (Å²) in [5, 5.41) is 11.0. The molecule has 1 rings (SSSR count). The zero-order chi connectivity index (χ0) is 13.4. The third kappa shape index (κ3) is 4.26. The third-order valence-electron chi connectivity index (χ3n) is 2.17. The van der Waals surface area contributed by atoms with Crippen LogP contribution < -0.4 is 5.32 Å². The van der Waals surface area contributed by atoms with Gasteiger partial charge in [-0.1, -0.05) is 18.2 Å². The van der Waals surface area contributed by atoms with Gasteiger partial charge in [-0.3, -0.25) is 9.59 Å². The molecule has 0 aliphatic rings. The van der Waals surface area contributed by atoms with E-state index in [-0.39, 0.29) is 18.8 Å². The predicted molar refractivity (Wildman–Crippen MR) is 65.6 cm³/mol. The Morgan fingerprint density at radius 1 is 1.39 bits per heavy atom. The number of nitrogens with zero attached hydrogens (tertiary/aromatic N) is 1. The number of carbonyl (C=O) groups is 2. The zero-order valence-corrected chi connectivity index (χ0v) is 10.1. The minimum Gasteiger partial charge on any atom is -0.466 e. The van der Waals surface area contributed by atoms with E-state index in [9.17, 15) is 9.59 Å². The monoisotopic (exact) mass is 246 g/mol. The highest BCUT2D eigenvalue weighted by Gasteiger charge is 2.10. The summed E-state index contributed by atoms with van der Waals surface area (Å²) in [6, 6.07) is 8.70. The fourth-order valence-electron chi connectivity index (χ4n) is 1.43. The van der Waals surface area contributed by atoms with Gasteiger partial charge < -0.3 is 10.1 Å². The molecule has 1 amide bonds. The van der Waals surface area contributed by atoms with Crippen molar-refractivity contribution < 1.29 is 14.3 Å². The Kier molecular flexibility index (Phi) is 5.39. The van der Waals surface area contributed by atoms with Crippen molar-refractivity contribution in [2.24, 2.45) is 0 Å².